The molecular formula is C15H13F2N. The molecule has 0 radical (unpaired) electrons. The van der Waals surface area contributed by atoms with Crippen LogP contribution in [0.3, 0.4) is 0 Å². The highest BCUT2D eigenvalue weighted by molar-refractivity contribution is 5.69. The van der Waals surface area contributed by atoms with Gasteiger partial charge in [-0.3, -0.25) is 0 Å². The van der Waals surface area contributed by atoms with Crippen LogP contribution in [0.5, 0.6) is 0 Å². The van der Waals surface area contributed by atoms with Gasteiger partial charge in [-0.25, -0.2) is 8.78 Å². The van der Waals surface area contributed by atoms with Crippen molar-refractivity contribution in [3.8, 4) is 11.1 Å². The number of hydrogen-bond acceptors (Lipinski definition) is 1. The highest BCUT2D eigenvalue weighted by Gasteiger charge is 2.17. The average molecular weight is 245 g/mol. The smallest absolute Gasteiger partial charge is 0.166 e. The molecule has 1 aliphatic heterocycles. The normalized spacial score (nSPS) is 14.3. The molecule has 1 aliphatic rings. The van der Waals surface area contributed by atoms with E-state index in [1.807, 2.05) is 12.1 Å². The van der Waals surface area contributed by atoms with E-state index in [9.17, 15) is 8.78 Å². The Kier molecular flexibility index (Phi) is 2.84. The second-order valence-electron chi connectivity index (χ2n) is 4.47. The summed E-state index contributed by atoms with van der Waals surface area (Å²) in [5.41, 5.74) is 3.43. The lowest BCUT2D eigenvalue weighted by Gasteiger charge is -2.20. The Hall–Kier alpha value is -1.74. The van der Waals surface area contributed by atoms with Gasteiger partial charge >= 0.3 is 0 Å². The summed E-state index contributed by atoms with van der Waals surface area (Å²) in [7, 11) is 0. The third-order valence-corrected chi connectivity index (χ3v) is 3.39. The third-order valence-electron chi connectivity index (χ3n) is 3.39. The zero-order valence-electron chi connectivity index (χ0n) is 9.84. The van der Waals surface area contributed by atoms with E-state index in [-0.39, 0.29) is 0 Å². The minimum atomic E-state index is -0.797. The van der Waals surface area contributed by atoms with E-state index in [4.69, 9.17) is 0 Å². The molecule has 92 valence electrons. The maximum Gasteiger partial charge on any atom is 0.166 e. The molecule has 0 amide bonds. The van der Waals surface area contributed by atoms with Crippen molar-refractivity contribution in [1.82, 2.24) is 5.32 Å². The first-order valence-corrected chi connectivity index (χ1v) is 6.03. The molecule has 1 heterocycles. The third kappa shape index (κ3) is 1.81. The number of rotatable bonds is 1. The fraction of sp³-hybridized carbons (Fsp3) is 0.200. The van der Waals surface area contributed by atoms with Gasteiger partial charge in [-0.1, -0.05) is 30.3 Å². The summed E-state index contributed by atoms with van der Waals surface area (Å²) in [6.07, 6.45) is 0.931. The van der Waals surface area contributed by atoms with Crippen molar-refractivity contribution < 1.29 is 8.78 Å². The van der Waals surface area contributed by atoms with Gasteiger partial charge in [-0.15, -0.1) is 0 Å². The molecule has 0 bridgehead atoms. The van der Waals surface area contributed by atoms with E-state index >= 15 is 0 Å². The standard InChI is InChI=1S/C15H13F2N/c16-14-6-2-5-12(15(14)17)11-4-1-3-10-7-8-18-9-13(10)11/h1-6,18H,7-9H2. The Bertz CT molecular complexity index is 593. The Balaban J connectivity index is 2.20. The molecule has 3 rings (SSSR count). The predicted octanol–water partition coefficient (Wildman–Crippen LogP) is 3.28. The van der Waals surface area contributed by atoms with E-state index in [2.05, 4.69) is 11.4 Å². The Morgan fingerprint density at radius 3 is 2.61 bits per heavy atom. The van der Waals surface area contributed by atoms with Gasteiger partial charge in [-0.05, 0) is 35.7 Å². The Morgan fingerprint density at radius 2 is 1.72 bits per heavy atom. The molecule has 0 saturated heterocycles. The van der Waals surface area contributed by atoms with Crippen LogP contribution in [-0.4, -0.2) is 6.54 Å². The van der Waals surface area contributed by atoms with Crippen LogP contribution in [0.4, 0.5) is 8.78 Å². The molecule has 0 atom stereocenters. The predicted molar refractivity (Wildman–Crippen MR) is 67.2 cm³/mol. The van der Waals surface area contributed by atoms with Crippen LogP contribution in [0.1, 0.15) is 11.1 Å². The van der Waals surface area contributed by atoms with Crippen LogP contribution in [0.25, 0.3) is 11.1 Å². The molecule has 0 spiro atoms. The van der Waals surface area contributed by atoms with Gasteiger partial charge in [0.05, 0.1) is 0 Å². The van der Waals surface area contributed by atoms with E-state index in [0.29, 0.717) is 12.1 Å². The van der Waals surface area contributed by atoms with Crippen LogP contribution >= 0.6 is 0 Å². The van der Waals surface area contributed by atoms with Gasteiger partial charge in [-0.2, -0.15) is 0 Å². The lowest BCUT2D eigenvalue weighted by Crippen LogP contribution is -2.24. The fourth-order valence-electron chi connectivity index (χ4n) is 2.48. The second kappa shape index (κ2) is 4.50. The van der Waals surface area contributed by atoms with Crippen LogP contribution in [-0.2, 0) is 13.0 Å². The summed E-state index contributed by atoms with van der Waals surface area (Å²) in [4.78, 5) is 0. The van der Waals surface area contributed by atoms with Crippen LogP contribution in [0.15, 0.2) is 36.4 Å². The molecule has 0 aliphatic carbocycles. The SMILES string of the molecule is Fc1cccc(-c2cccc3c2CNCC3)c1F. The zero-order chi connectivity index (χ0) is 12.5. The topological polar surface area (TPSA) is 12.0 Å². The molecule has 3 heteroatoms. The molecule has 2 aromatic rings. The minimum absolute atomic E-state index is 0.343. The number of hydrogen-bond donors (Lipinski definition) is 1. The summed E-state index contributed by atoms with van der Waals surface area (Å²) in [6, 6.07) is 10.1. The van der Waals surface area contributed by atoms with Crippen molar-refractivity contribution in [2.75, 3.05) is 6.54 Å². The monoisotopic (exact) mass is 245 g/mol. The van der Waals surface area contributed by atoms with Gasteiger partial charge < -0.3 is 5.32 Å². The first-order chi connectivity index (χ1) is 8.77. The molecule has 0 unspecified atom stereocenters. The number of fused-ring (bicyclic) bond motifs is 1. The lowest BCUT2D eigenvalue weighted by molar-refractivity contribution is 0.511. The highest BCUT2D eigenvalue weighted by atomic mass is 19.2. The molecular weight excluding hydrogens is 232 g/mol. The quantitative estimate of drug-likeness (QED) is 0.813. The van der Waals surface area contributed by atoms with Gasteiger partial charge in [0.1, 0.15) is 0 Å². The summed E-state index contributed by atoms with van der Waals surface area (Å²) >= 11 is 0. The van der Waals surface area contributed by atoms with Crippen molar-refractivity contribution in [2.45, 2.75) is 13.0 Å². The molecule has 2 aromatic carbocycles. The summed E-state index contributed by atoms with van der Waals surface area (Å²) < 4.78 is 27.2. The minimum Gasteiger partial charge on any atom is -0.312 e. The van der Waals surface area contributed by atoms with E-state index in [1.165, 1.54) is 5.56 Å². The van der Waals surface area contributed by atoms with Crippen LogP contribution < -0.4 is 5.32 Å². The summed E-state index contributed by atoms with van der Waals surface area (Å²) in [5.74, 6) is -1.56. The molecule has 0 aromatic heterocycles. The summed E-state index contributed by atoms with van der Waals surface area (Å²) in [6.45, 7) is 1.64. The Morgan fingerprint density at radius 1 is 0.944 bits per heavy atom. The largest absolute Gasteiger partial charge is 0.312 e. The highest BCUT2D eigenvalue weighted by Crippen LogP contribution is 2.30. The van der Waals surface area contributed by atoms with Crippen molar-refractivity contribution in [2.24, 2.45) is 0 Å². The maximum atomic E-state index is 13.9. The second-order valence-corrected chi connectivity index (χ2v) is 4.47. The zero-order valence-corrected chi connectivity index (χ0v) is 9.84. The Labute approximate surface area is 104 Å². The molecule has 0 saturated carbocycles. The number of benzene rings is 2. The lowest BCUT2D eigenvalue weighted by atomic mass is 9.92. The fourth-order valence-corrected chi connectivity index (χ4v) is 2.48. The number of nitrogens with one attached hydrogen (secondary N) is 1. The molecule has 1 N–H and O–H groups in total. The maximum absolute atomic E-state index is 13.9. The first kappa shape index (κ1) is 11.4. The summed E-state index contributed by atoms with van der Waals surface area (Å²) in [5, 5.41) is 3.27. The number of halogens is 2. The van der Waals surface area contributed by atoms with Crippen molar-refractivity contribution in [1.29, 1.82) is 0 Å². The van der Waals surface area contributed by atoms with Gasteiger partial charge in [0.25, 0.3) is 0 Å². The van der Waals surface area contributed by atoms with Crippen molar-refractivity contribution >= 4 is 0 Å². The molecule has 18 heavy (non-hydrogen) atoms. The van der Waals surface area contributed by atoms with Crippen LogP contribution in [0, 0.1) is 11.6 Å². The van der Waals surface area contributed by atoms with E-state index in [0.717, 1.165) is 30.2 Å². The van der Waals surface area contributed by atoms with E-state index in [1.54, 1.807) is 12.1 Å². The van der Waals surface area contributed by atoms with Gasteiger partial charge in [0.15, 0.2) is 11.6 Å². The molecule has 1 nitrogen and oxygen atoms in total. The molecule has 0 fully saturated rings. The van der Waals surface area contributed by atoms with Crippen LogP contribution in [0.2, 0.25) is 0 Å². The van der Waals surface area contributed by atoms with Crippen molar-refractivity contribution in [3.63, 3.8) is 0 Å². The van der Waals surface area contributed by atoms with E-state index < -0.39 is 11.6 Å². The van der Waals surface area contributed by atoms with Gasteiger partial charge in [0, 0.05) is 12.1 Å². The first-order valence-electron chi connectivity index (χ1n) is 6.03. The average Bonchev–Trinajstić information content (AvgIpc) is 2.41. The van der Waals surface area contributed by atoms with Gasteiger partial charge in [0.2, 0.25) is 0 Å². The van der Waals surface area contributed by atoms with Crippen molar-refractivity contribution in [3.05, 3.63) is 59.2 Å².